The third-order valence-corrected chi connectivity index (χ3v) is 2.66. The molecule has 0 aliphatic heterocycles. The highest BCUT2D eigenvalue weighted by atomic mass is 32.2. The maximum absolute atomic E-state index is 11.0. The molecule has 0 fully saturated rings. The molecule has 0 amide bonds. The molecule has 0 radical (unpaired) electrons. The van der Waals surface area contributed by atoms with E-state index in [1.807, 2.05) is 6.08 Å². The molecule has 1 rings (SSSR count). The molecule has 1 atom stereocenters. The lowest BCUT2D eigenvalue weighted by atomic mass is 10.1. The summed E-state index contributed by atoms with van der Waals surface area (Å²) in [6, 6.07) is 0. The first-order valence-corrected chi connectivity index (χ1v) is 4.56. The highest BCUT2D eigenvalue weighted by Crippen LogP contribution is 2.21. The Kier molecular flexibility index (Phi) is 2.85. The third kappa shape index (κ3) is 1.80. The summed E-state index contributed by atoms with van der Waals surface area (Å²) >= 11 is -1.12. The van der Waals surface area contributed by atoms with Crippen molar-refractivity contribution in [3.63, 3.8) is 0 Å². The number of terminal acetylenes is 1. The van der Waals surface area contributed by atoms with Crippen LogP contribution in [0.3, 0.4) is 0 Å². The van der Waals surface area contributed by atoms with Gasteiger partial charge >= 0.3 is 0 Å². The predicted octanol–water partition coefficient (Wildman–Crippen LogP) is 1.78. The highest BCUT2D eigenvalue weighted by molar-refractivity contribution is 7.99. The molecular weight excluding hydrogens is 144 g/mol. The van der Waals surface area contributed by atoms with Crippen LogP contribution in [0.25, 0.3) is 0 Å². The summed E-state index contributed by atoms with van der Waals surface area (Å²) in [7, 11) is 0. The first-order chi connectivity index (χ1) is 4.84. The normalized spacial score (nSPS) is 21.0. The molecule has 2 heteroatoms. The smallest absolute Gasteiger partial charge is 0.152 e. The minimum Gasteiger partial charge on any atom is -0.599 e. The Labute approximate surface area is 64.7 Å². The van der Waals surface area contributed by atoms with Gasteiger partial charge in [-0.2, -0.15) is 0 Å². The van der Waals surface area contributed by atoms with Crippen LogP contribution in [-0.4, -0.2) is 4.55 Å². The molecule has 0 aromatic carbocycles. The van der Waals surface area contributed by atoms with Crippen LogP contribution >= 0.6 is 0 Å². The van der Waals surface area contributed by atoms with Gasteiger partial charge in [0.05, 0.1) is 11.2 Å². The first kappa shape index (κ1) is 7.71. The van der Waals surface area contributed by atoms with Crippen molar-refractivity contribution in [1.82, 2.24) is 0 Å². The quantitative estimate of drug-likeness (QED) is 0.417. The molecular formula is C8H10OS. The Hall–Kier alpha value is -0.390. The van der Waals surface area contributed by atoms with Gasteiger partial charge in [-0.05, 0) is 25.3 Å². The number of hydrogen-bond donors (Lipinski definition) is 0. The molecule has 0 aromatic rings. The van der Waals surface area contributed by atoms with Crippen molar-refractivity contribution < 1.29 is 4.55 Å². The lowest BCUT2D eigenvalue weighted by Crippen LogP contribution is -2.03. The minimum absolute atomic E-state index is 0.927. The van der Waals surface area contributed by atoms with Crippen molar-refractivity contribution in [3.05, 3.63) is 11.0 Å². The van der Waals surface area contributed by atoms with E-state index < -0.39 is 11.2 Å². The lowest BCUT2D eigenvalue weighted by Gasteiger charge is -2.10. The fourth-order valence-corrected chi connectivity index (χ4v) is 1.80. The van der Waals surface area contributed by atoms with E-state index in [4.69, 9.17) is 6.42 Å². The molecule has 0 heterocycles. The van der Waals surface area contributed by atoms with Crippen LogP contribution < -0.4 is 0 Å². The molecule has 10 heavy (non-hydrogen) atoms. The fraction of sp³-hybridized carbons (Fsp3) is 0.500. The molecule has 0 saturated carbocycles. The zero-order chi connectivity index (χ0) is 7.40. The van der Waals surface area contributed by atoms with Gasteiger partial charge in [0.1, 0.15) is 4.91 Å². The predicted molar refractivity (Wildman–Crippen MR) is 43.5 cm³/mol. The van der Waals surface area contributed by atoms with Crippen molar-refractivity contribution in [2.24, 2.45) is 0 Å². The van der Waals surface area contributed by atoms with Crippen LogP contribution in [0.15, 0.2) is 11.0 Å². The van der Waals surface area contributed by atoms with Gasteiger partial charge in [-0.15, -0.1) is 0 Å². The maximum atomic E-state index is 11.0. The van der Waals surface area contributed by atoms with Gasteiger partial charge in [-0.25, -0.2) is 0 Å². The van der Waals surface area contributed by atoms with Gasteiger partial charge in [-0.3, -0.25) is 0 Å². The van der Waals surface area contributed by atoms with Crippen molar-refractivity contribution >= 4 is 11.2 Å². The average molecular weight is 154 g/mol. The molecule has 1 aliphatic rings. The molecule has 0 N–H and O–H groups in total. The summed E-state index contributed by atoms with van der Waals surface area (Å²) in [5.74, 6) is 0. The Morgan fingerprint density at radius 3 is 2.90 bits per heavy atom. The van der Waals surface area contributed by atoms with E-state index in [1.165, 1.54) is 6.42 Å². The Morgan fingerprint density at radius 1 is 1.60 bits per heavy atom. The zero-order valence-corrected chi connectivity index (χ0v) is 6.62. The summed E-state index contributed by atoms with van der Waals surface area (Å²) in [6.45, 7) is 0. The van der Waals surface area contributed by atoms with Crippen LogP contribution in [0, 0.1) is 11.7 Å². The zero-order valence-electron chi connectivity index (χ0n) is 5.80. The topological polar surface area (TPSA) is 23.1 Å². The SMILES string of the molecule is C#C[S+]([O-])C1=CCCCC1. The second-order valence-electron chi connectivity index (χ2n) is 2.30. The fourth-order valence-electron chi connectivity index (χ4n) is 1.05. The largest absolute Gasteiger partial charge is 0.599 e. The number of allylic oxidation sites excluding steroid dienone is 2. The number of hydrogen-bond acceptors (Lipinski definition) is 1. The second-order valence-corrected chi connectivity index (χ2v) is 3.60. The summed E-state index contributed by atoms with van der Waals surface area (Å²) in [4.78, 5) is 0.953. The van der Waals surface area contributed by atoms with E-state index in [1.54, 1.807) is 0 Å². The van der Waals surface area contributed by atoms with Gasteiger partial charge in [0.15, 0.2) is 5.25 Å². The summed E-state index contributed by atoms with van der Waals surface area (Å²) in [5.41, 5.74) is 0. The van der Waals surface area contributed by atoms with E-state index in [0.29, 0.717) is 0 Å². The molecule has 0 spiro atoms. The van der Waals surface area contributed by atoms with Crippen molar-refractivity contribution in [3.8, 4) is 11.7 Å². The van der Waals surface area contributed by atoms with E-state index in [2.05, 4.69) is 5.25 Å². The number of rotatable bonds is 1. The maximum Gasteiger partial charge on any atom is 0.152 e. The van der Waals surface area contributed by atoms with E-state index >= 15 is 0 Å². The van der Waals surface area contributed by atoms with Crippen molar-refractivity contribution in [2.45, 2.75) is 25.7 Å². The Morgan fingerprint density at radius 2 is 2.40 bits per heavy atom. The first-order valence-electron chi connectivity index (χ1n) is 3.41. The molecule has 0 saturated heterocycles. The van der Waals surface area contributed by atoms with Gasteiger partial charge in [-0.1, -0.05) is 6.42 Å². The molecule has 1 unspecified atom stereocenters. The highest BCUT2D eigenvalue weighted by Gasteiger charge is 2.14. The van der Waals surface area contributed by atoms with Crippen LogP contribution in [0.1, 0.15) is 25.7 Å². The van der Waals surface area contributed by atoms with E-state index in [-0.39, 0.29) is 0 Å². The van der Waals surface area contributed by atoms with Gasteiger partial charge in [0.25, 0.3) is 0 Å². The van der Waals surface area contributed by atoms with Crippen molar-refractivity contribution in [1.29, 1.82) is 0 Å². The summed E-state index contributed by atoms with van der Waals surface area (Å²) < 4.78 is 11.0. The lowest BCUT2D eigenvalue weighted by molar-refractivity contribution is 0.604. The van der Waals surface area contributed by atoms with Crippen molar-refractivity contribution in [2.75, 3.05) is 0 Å². The van der Waals surface area contributed by atoms with Gasteiger partial charge in [0.2, 0.25) is 0 Å². The summed E-state index contributed by atoms with van der Waals surface area (Å²) in [5, 5.41) is 2.24. The monoisotopic (exact) mass is 154 g/mol. The molecule has 0 bridgehead atoms. The van der Waals surface area contributed by atoms with E-state index in [9.17, 15) is 4.55 Å². The molecule has 1 aliphatic carbocycles. The van der Waals surface area contributed by atoms with Crippen LogP contribution in [0.5, 0.6) is 0 Å². The van der Waals surface area contributed by atoms with Crippen LogP contribution in [-0.2, 0) is 11.2 Å². The van der Waals surface area contributed by atoms with E-state index in [0.717, 1.165) is 24.2 Å². The average Bonchev–Trinajstić information content (AvgIpc) is 2.05. The molecule has 0 aromatic heterocycles. The summed E-state index contributed by atoms with van der Waals surface area (Å²) in [6.07, 6.45) is 11.3. The Balaban J connectivity index is 2.55. The Bertz CT molecular complexity index is 178. The van der Waals surface area contributed by atoms with Crippen LogP contribution in [0.2, 0.25) is 0 Å². The molecule has 1 nitrogen and oxygen atoms in total. The molecule has 54 valence electrons. The van der Waals surface area contributed by atoms with Crippen LogP contribution in [0.4, 0.5) is 0 Å². The second kappa shape index (κ2) is 3.70. The minimum atomic E-state index is -1.12. The standard InChI is InChI=1S/C8H10OS/c1-2-10(9)8-6-4-3-5-7-8/h1,6H,3-5,7H2. The van der Waals surface area contributed by atoms with Gasteiger partial charge < -0.3 is 4.55 Å². The van der Waals surface area contributed by atoms with Gasteiger partial charge in [0, 0.05) is 6.42 Å². The third-order valence-electron chi connectivity index (χ3n) is 1.59.